The summed E-state index contributed by atoms with van der Waals surface area (Å²) in [5.74, 6) is -0.247. The lowest BCUT2D eigenvalue weighted by Crippen LogP contribution is -2.34. The normalized spacial score (nSPS) is 19.7. The number of rotatable bonds is 4. The van der Waals surface area contributed by atoms with Crippen LogP contribution in [0.15, 0.2) is 24.3 Å². The van der Waals surface area contributed by atoms with Gasteiger partial charge in [-0.2, -0.15) is 13.2 Å². The van der Waals surface area contributed by atoms with Crippen molar-refractivity contribution in [3.63, 3.8) is 0 Å². The van der Waals surface area contributed by atoms with Gasteiger partial charge in [-0.25, -0.2) is 0 Å². The van der Waals surface area contributed by atoms with Crippen LogP contribution in [-0.2, 0) is 0 Å². The van der Waals surface area contributed by atoms with Crippen LogP contribution in [0.25, 0.3) is 0 Å². The summed E-state index contributed by atoms with van der Waals surface area (Å²) in [4.78, 5) is 13.3. The van der Waals surface area contributed by atoms with Crippen LogP contribution in [0.3, 0.4) is 0 Å². The number of nitrogens with two attached hydrogens (primary N) is 1. The molecule has 1 amide bonds. The standard InChI is InChI=1S/C14H18F3N3O/c15-14(16,17)9-20-6-5-10(8-20)7-19-13(21)11-3-1-2-4-12(11)18/h1-4,10H,5-9,18H2,(H,19,21). The first-order valence-corrected chi connectivity index (χ1v) is 6.77. The van der Waals surface area contributed by atoms with E-state index in [0.717, 1.165) is 0 Å². The minimum atomic E-state index is -4.17. The van der Waals surface area contributed by atoms with E-state index in [9.17, 15) is 18.0 Å². The van der Waals surface area contributed by atoms with Crippen LogP contribution in [0.1, 0.15) is 16.8 Å². The third-order valence-electron chi connectivity index (χ3n) is 3.53. The van der Waals surface area contributed by atoms with Gasteiger partial charge >= 0.3 is 6.18 Å². The Morgan fingerprint density at radius 3 is 2.76 bits per heavy atom. The van der Waals surface area contributed by atoms with Crippen molar-refractivity contribution in [3.8, 4) is 0 Å². The highest BCUT2D eigenvalue weighted by atomic mass is 19.4. The first-order chi connectivity index (χ1) is 9.85. The number of likely N-dealkylation sites (tertiary alicyclic amines) is 1. The van der Waals surface area contributed by atoms with E-state index in [4.69, 9.17) is 5.73 Å². The summed E-state index contributed by atoms with van der Waals surface area (Å²) in [5.41, 5.74) is 6.48. The molecule has 0 aliphatic carbocycles. The Morgan fingerprint density at radius 1 is 1.38 bits per heavy atom. The summed E-state index contributed by atoms with van der Waals surface area (Å²) in [6.45, 7) is 0.238. The maximum atomic E-state index is 12.3. The molecule has 1 unspecified atom stereocenters. The van der Waals surface area contributed by atoms with Crippen LogP contribution < -0.4 is 11.1 Å². The molecule has 1 aliphatic rings. The molecule has 0 aromatic heterocycles. The zero-order chi connectivity index (χ0) is 15.5. The van der Waals surface area contributed by atoms with Gasteiger partial charge in [-0.1, -0.05) is 12.1 Å². The molecule has 0 spiro atoms. The lowest BCUT2D eigenvalue weighted by Gasteiger charge is -2.18. The highest BCUT2D eigenvalue weighted by molar-refractivity contribution is 5.99. The third kappa shape index (κ3) is 4.63. The van der Waals surface area contributed by atoms with Crippen LogP contribution in [0.4, 0.5) is 18.9 Å². The second-order valence-electron chi connectivity index (χ2n) is 5.30. The summed E-state index contributed by atoms with van der Waals surface area (Å²) in [6, 6.07) is 6.70. The average molecular weight is 301 g/mol. The topological polar surface area (TPSA) is 58.4 Å². The minimum absolute atomic E-state index is 0.0428. The zero-order valence-electron chi connectivity index (χ0n) is 11.5. The van der Waals surface area contributed by atoms with E-state index in [1.807, 2.05) is 0 Å². The number of nitrogens with one attached hydrogen (secondary N) is 1. The first kappa shape index (κ1) is 15.6. The number of nitrogens with zero attached hydrogens (tertiary/aromatic N) is 1. The molecular formula is C14H18F3N3O. The number of para-hydroxylation sites is 1. The molecule has 1 fully saturated rings. The molecule has 1 saturated heterocycles. The van der Waals surface area contributed by atoms with E-state index in [1.165, 1.54) is 4.90 Å². The summed E-state index contributed by atoms with van der Waals surface area (Å²) in [5, 5.41) is 2.74. The van der Waals surface area contributed by atoms with E-state index >= 15 is 0 Å². The van der Waals surface area contributed by atoms with Gasteiger partial charge in [0.25, 0.3) is 5.91 Å². The number of hydrogen-bond acceptors (Lipinski definition) is 3. The number of amides is 1. The van der Waals surface area contributed by atoms with E-state index in [0.29, 0.717) is 37.3 Å². The van der Waals surface area contributed by atoms with Gasteiger partial charge in [0, 0.05) is 18.8 Å². The fourth-order valence-corrected chi connectivity index (χ4v) is 2.51. The third-order valence-corrected chi connectivity index (χ3v) is 3.53. The van der Waals surface area contributed by atoms with E-state index in [1.54, 1.807) is 24.3 Å². The summed E-state index contributed by atoms with van der Waals surface area (Å²) >= 11 is 0. The van der Waals surface area contributed by atoms with Crippen molar-refractivity contribution in [2.75, 3.05) is 31.9 Å². The minimum Gasteiger partial charge on any atom is -0.398 e. The fraction of sp³-hybridized carbons (Fsp3) is 0.500. The maximum Gasteiger partial charge on any atom is 0.401 e. The smallest absolute Gasteiger partial charge is 0.398 e. The number of anilines is 1. The number of halogens is 3. The number of carbonyl (C=O) groups excluding carboxylic acids is 1. The van der Waals surface area contributed by atoms with Crippen molar-refractivity contribution < 1.29 is 18.0 Å². The molecule has 116 valence electrons. The molecule has 1 aromatic carbocycles. The first-order valence-electron chi connectivity index (χ1n) is 6.77. The summed E-state index contributed by atoms with van der Waals surface area (Å²) in [7, 11) is 0. The number of alkyl halides is 3. The van der Waals surface area contributed by atoms with Gasteiger partial charge in [0.15, 0.2) is 0 Å². The van der Waals surface area contributed by atoms with Crippen LogP contribution in [0.2, 0.25) is 0 Å². The Kier molecular flexibility index (Phi) is 4.72. The lowest BCUT2D eigenvalue weighted by molar-refractivity contribution is -0.143. The second-order valence-corrected chi connectivity index (χ2v) is 5.30. The molecule has 0 bridgehead atoms. The number of hydrogen-bond donors (Lipinski definition) is 2. The van der Waals surface area contributed by atoms with Gasteiger partial charge in [-0.15, -0.1) is 0 Å². The van der Waals surface area contributed by atoms with Crippen molar-refractivity contribution in [1.29, 1.82) is 0 Å². The van der Waals surface area contributed by atoms with Crippen molar-refractivity contribution in [3.05, 3.63) is 29.8 Å². The van der Waals surface area contributed by atoms with Crippen LogP contribution in [0, 0.1) is 5.92 Å². The predicted molar refractivity (Wildman–Crippen MR) is 73.8 cm³/mol. The summed E-state index contributed by atoms with van der Waals surface area (Å²) < 4.78 is 36.9. The monoisotopic (exact) mass is 301 g/mol. The van der Waals surface area contributed by atoms with E-state index in [-0.39, 0.29) is 11.8 Å². The van der Waals surface area contributed by atoms with Crippen LogP contribution in [0.5, 0.6) is 0 Å². The van der Waals surface area contributed by atoms with Crippen LogP contribution in [-0.4, -0.2) is 43.2 Å². The Labute approximate surface area is 121 Å². The summed E-state index contributed by atoms with van der Waals surface area (Å²) in [6.07, 6.45) is -3.52. The Morgan fingerprint density at radius 2 is 2.10 bits per heavy atom. The van der Waals surface area contributed by atoms with Gasteiger partial charge in [0.1, 0.15) is 0 Å². The number of carbonyl (C=O) groups is 1. The molecule has 1 aromatic rings. The van der Waals surface area contributed by atoms with E-state index in [2.05, 4.69) is 5.32 Å². The van der Waals surface area contributed by atoms with Gasteiger partial charge in [0.05, 0.1) is 12.1 Å². The molecule has 1 heterocycles. The molecule has 1 atom stereocenters. The van der Waals surface area contributed by atoms with Crippen molar-refractivity contribution in [2.45, 2.75) is 12.6 Å². The Balaban J connectivity index is 1.80. The molecule has 1 aliphatic heterocycles. The fourth-order valence-electron chi connectivity index (χ4n) is 2.51. The van der Waals surface area contributed by atoms with Gasteiger partial charge < -0.3 is 11.1 Å². The Hall–Kier alpha value is -1.76. The van der Waals surface area contributed by atoms with Gasteiger partial charge in [-0.05, 0) is 31.0 Å². The van der Waals surface area contributed by atoms with Crippen molar-refractivity contribution in [2.24, 2.45) is 5.92 Å². The highest BCUT2D eigenvalue weighted by Gasteiger charge is 2.34. The molecule has 7 heteroatoms. The lowest BCUT2D eigenvalue weighted by atomic mass is 10.1. The molecule has 0 radical (unpaired) electrons. The van der Waals surface area contributed by atoms with Crippen LogP contribution >= 0.6 is 0 Å². The van der Waals surface area contributed by atoms with Gasteiger partial charge in [-0.3, -0.25) is 9.69 Å². The quantitative estimate of drug-likeness (QED) is 0.835. The van der Waals surface area contributed by atoms with Gasteiger partial charge in [0.2, 0.25) is 0 Å². The van der Waals surface area contributed by atoms with Crippen molar-refractivity contribution in [1.82, 2.24) is 10.2 Å². The molecule has 3 N–H and O–H groups in total. The predicted octanol–water partition coefficient (Wildman–Crippen LogP) is 1.88. The molecule has 21 heavy (non-hydrogen) atoms. The van der Waals surface area contributed by atoms with Crippen molar-refractivity contribution >= 4 is 11.6 Å². The average Bonchev–Trinajstić information content (AvgIpc) is 2.82. The number of nitrogen functional groups attached to an aromatic ring is 1. The SMILES string of the molecule is Nc1ccccc1C(=O)NCC1CCN(CC(F)(F)F)C1. The molecule has 0 saturated carbocycles. The zero-order valence-corrected chi connectivity index (χ0v) is 11.5. The second kappa shape index (κ2) is 6.34. The Bertz CT molecular complexity index is 504. The maximum absolute atomic E-state index is 12.3. The number of benzene rings is 1. The molecule has 4 nitrogen and oxygen atoms in total. The molecule has 2 rings (SSSR count). The van der Waals surface area contributed by atoms with E-state index < -0.39 is 12.7 Å². The largest absolute Gasteiger partial charge is 0.401 e. The highest BCUT2D eigenvalue weighted by Crippen LogP contribution is 2.22. The molecular weight excluding hydrogens is 283 g/mol.